The second-order valence-corrected chi connectivity index (χ2v) is 6.97. The highest BCUT2D eigenvalue weighted by atomic mass is 16.2. The summed E-state index contributed by atoms with van der Waals surface area (Å²) >= 11 is 0. The first-order valence-corrected chi connectivity index (χ1v) is 8.87. The van der Waals surface area contributed by atoms with E-state index in [0.29, 0.717) is 12.6 Å². The summed E-state index contributed by atoms with van der Waals surface area (Å²) in [7, 11) is 4.19. The Labute approximate surface area is 150 Å². The van der Waals surface area contributed by atoms with Gasteiger partial charge < -0.3 is 9.80 Å². The maximum absolute atomic E-state index is 12.5. The Morgan fingerprint density at radius 1 is 1.00 bits per heavy atom. The third kappa shape index (κ3) is 4.27. The molecular formula is C21H27N3O. The molecule has 25 heavy (non-hydrogen) atoms. The van der Waals surface area contributed by atoms with Gasteiger partial charge in [0, 0.05) is 31.4 Å². The van der Waals surface area contributed by atoms with Gasteiger partial charge in [0.2, 0.25) is 5.91 Å². The molecule has 0 aromatic heterocycles. The van der Waals surface area contributed by atoms with Crippen LogP contribution in [0.25, 0.3) is 0 Å². The SMILES string of the molecule is C[C@H](c1ccc(CN2CCN(c3ccccc3)C(=O)C2)cc1)N(C)C. The number of hydrogen-bond donors (Lipinski definition) is 0. The van der Waals surface area contributed by atoms with Crippen molar-refractivity contribution >= 4 is 11.6 Å². The van der Waals surface area contributed by atoms with E-state index in [2.05, 4.69) is 55.1 Å². The largest absolute Gasteiger partial charge is 0.310 e. The molecule has 0 unspecified atom stereocenters. The first kappa shape index (κ1) is 17.6. The number of benzene rings is 2. The predicted molar refractivity (Wildman–Crippen MR) is 103 cm³/mol. The molecule has 0 bridgehead atoms. The predicted octanol–water partition coefficient (Wildman–Crippen LogP) is 3.16. The molecule has 2 aromatic carbocycles. The van der Waals surface area contributed by atoms with E-state index >= 15 is 0 Å². The summed E-state index contributed by atoms with van der Waals surface area (Å²) in [5, 5.41) is 0. The third-order valence-corrected chi connectivity index (χ3v) is 5.01. The first-order valence-electron chi connectivity index (χ1n) is 8.87. The van der Waals surface area contributed by atoms with Gasteiger partial charge >= 0.3 is 0 Å². The van der Waals surface area contributed by atoms with Crippen LogP contribution in [0.3, 0.4) is 0 Å². The number of piperazine rings is 1. The fraction of sp³-hybridized carbons (Fsp3) is 0.381. The lowest BCUT2D eigenvalue weighted by Crippen LogP contribution is -2.50. The van der Waals surface area contributed by atoms with Gasteiger partial charge in [-0.1, -0.05) is 42.5 Å². The van der Waals surface area contributed by atoms with Crippen LogP contribution in [0.4, 0.5) is 5.69 Å². The normalized spacial score (nSPS) is 17.1. The average molecular weight is 337 g/mol. The molecule has 1 fully saturated rings. The maximum atomic E-state index is 12.5. The van der Waals surface area contributed by atoms with Crippen LogP contribution in [0, 0.1) is 0 Å². The van der Waals surface area contributed by atoms with Gasteiger partial charge in [-0.05, 0) is 44.3 Å². The number of hydrogen-bond acceptors (Lipinski definition) is 3. The number of carbonyl (C=O) groups excluding carboxylic acids is 1. The Kier molecular flexibility index (Phi) is 5.51. The number of carbonyl (C=O) groups is 1. The van der Waals surface area contributed by atoms with E-state index < -0.39 is 0 Å². The molecule has 1 aliphatic rings. The van der Waals surface area contributed by atoms with Crippen molar-refractivity contribution in [2.75, 3.05) is 38.6 Å². The minimum Gasteiger partial charge on any atom is -0.310 e. The fourth-order valence-corrected chi connectivity index (χ4v) is 3.20. The zero-order chi connectivity index (χ0) is 17.8. The molecular weight excluding hydrogens is 310 g/mol. The van der Waals surface area contributed by atoms with Gasteiger partial charge in [-0.3, -0.25) is 9.69 Å². The van der Waals surface area contributed by atoms with Crippen LogP contribution in [0.5, 0.6) is 0 Å². The van der Waals surface area contributed by atoms with Gasteiger partial charge in [0.05, 0.1) is 6.54 Å². The molecule has 1 heterocycles. The summed E-state index contributed by atoms with van der Waals surface area (Å²) in [6.45, 7) is 5.15. The molecule has 0 saturated carbocycles. The molecule has 0 spiro atoms. The topological polar surface area (TPSA) is 26.8 Å². The molecule has 0 N–H and O–H groups in total. The number of rotatable bonds is 5. The van der Waals surface area contributed by atoms with Crippen LogP contribution < -0.4 is 4.90 Å². The lowest BCUT2D eigenvalue weighted by Gasteiger charge is -2.34. The highest BCUT2D eigenvalue weighted by molar-refractivity contribution is 5.95. The van der Waals surface area contributed by atoms with Crippen molar-refractivity contribution in [1.82, 2.24) is 9.80 Å². The second-order valence-electron chi connectivity index (χ2n) is 6.97. The molecule has 1 amide bonds. The Morgan fingerprint density at radius 3 is 2.28 bits per heavy atom. The van der Waals surface area contributed by atoms with Gasteiger partial charge in [-0.25, -0.2) is 0 Å². The van der Waals surface area contributed by atoms with E-state index in [-0.39, 0.29) is 5.91 Å². The maximum Gasteiger partial charge on any atom is 0.241 e. The zero-order valence-electron chi connectivity index (χ0n) is 15.4. The number of amides is 1. The van der Waals surface area contributed by atoms with Gasteiger partial charge in [0.25, 0.3) is 0 Å². The summed E-state index contributed by atoms with van der Waals surface area (Å²) in [6.07, 6.45) is 0. The van der Waals surface area contributed by atoms with E-state index in [1.54, 1.807) is 0 Å². The van der Waals surface area contributed by atoms with Crippen molar-refractivity contribution in [2.24, 2.45) is 0 Å². The van der Waals surface area contributed by atoms with Crippen molar-refractivity contribution < 1.29 is 4.79 Å². The summed E-state index contributed by atoms with van der Waals surface area (Å²) in [5.74, 6) is 0.176. The standard InChI is InChI=1S/C21H27N3O/c1-17(22(2)3)19-11-9-18(10-12-19)15-23-13-14-24(21(25)16-23)20-7-5-4-6-8-20/h4-12,17H,13-16H2,1-3H3/t17-/m1/s1. The Balaban J connectivity index is 1.59. The van der Waals surface area contributed by atoms with Crippen LogP contribution in [-0.4, -0.2) is 49.4 Å². The molecule has 3 rings (SSSR count). The summed E-state index contributed by atoms with van der Waals surface area (Å²) < 4.78 is 0. The van der Waals surface area contributed by atoms with Crippen molar-refractivity contribution in [3.05, 3.63) is 65.7 Å². The van der Waals surface area contributed by atoms with E-state index in [0.717, 1.165) is 25.3 Å². The van der Waals surface area contributed by atoms with Crippen LogP contribution in [-0.2, 0) is 11.3 Å². The Morgan fingerprint density at radius 2 is 1.68 bits per heavy atom. The second kappa shape index (κ2) is 7.81. The van der Waals surface area contributed by atoms with Gasteiger partial charge in [-0.2, -0.15) is 0 Å². The van der Waals surface area contributed by atoms with Gasteiger partial charge in [0.15, 0.2) is 0 Å². The van der Waals surface area contributed by atoms with Crippen LogP contribution in [0.1, 0.15) is 24.1 Å². The zero-order valence-corrected chi connectivity index (χ0v) is 15.4. The lowest BCUT2D eigenvalue weighted by molar-refractivity contribution is -0.121. The highest BCUT2D eigenvalue weighted by Gasteiger charge is 2.24. The van der Waals surface area contributed by atoms with Gasteiger partial charge in [-0.15, -0.1) is 0 Å². The summed E-state index contributed by atoms with van der Waals surface area (Å²) in [5.41, 5.74) is 3.57. The van der Waals surface area contributed by atoms with Crippen molar-refractivity contribution in [1.29, 1.82) is 0 Å². The molecule has 4 heteroatoms. The molecule has 2 aromatic rings. The summed E-state index contributed by atoms with van der Waals surface area (Å²) in [6, 6.07) is 19.1. The summed E-state index contributed by atoms with van der Waals surface area (Å²) in [4.78, 5) is 18.8. The molecule has 132 valence electrons. The van der Waals surface area contributed by atoms with Crippen LogP contribution in [0.15, 0.2) is 54.6 Å². The van der Waals surface area contributed by atoms with E-state index in [1.165, 1.54) is 11.1 Å². The number of anilines is 1. The van der Waals surface area contributed by atoms with Crippen LogP contribution in [0.2, 0.25) is 0 Å². The average Bonchev–Trinajstić information content (AvgIpc) is 2.62. The van der Waals surface area contributed by atoms with Crippen molar-refractivity contribution in [3.8, 4) is 0 Å². The lowest BCUT2D eigenvalue weighted by atomic mass is 10.0. The monoisotopic (exact) mass is 337 g/mol. The fourth-order valence-electron chi connectivity index (χ4n) is 3.20. The van der Waals surface area contributed by atoms with E-state index in [1.807, 2.05) is 35.2 Å². The molecule has 0 aliphatic carbocycles. The Hall–Kier alpha value is -2.17. The molecule has 0 radical (unpaired) electrons. The molecule has 1 saturated heterocycles. The van der Waals surface area contributed by atoms with E-state index in [4.69, 9.17) is 0 Å². The third-order valence-electron chi connectivity index (χ3n) is 5.01. The molecule has 4 nitrogen and oxygen atoms in total. The minimum absolute atomic E-state index is 0.176. The highest BCUT2D eigenvalue weighted by Crippen LogP contribution is 2.20. The van der Waals surface area contributed by atoms with Gasteiger partial charge in [0.1, 0.15) is 0 Å². The molecule has 1 atom stereocenters. The quantitative estimate of drug-likeness (QED) is 0.838. The van der Waals surface area contributed by atoms with Crippen LogP contribution >= 0.6 is 0 Å². The number of para-hydroxylation sites is 1. The number of nitrogens with zero attached hydrogens (tertiary/aromatic N) is 3. The Bertz CT molecular complexity index is 697. The molecule has 1 aliphatic heterocycles. The first-order chi connectivity index (χ1) is 12.0. The smallest absolute Gasteiger partial charge is 0.241 e. The van der Waals surface area contributed by atoms with E-state index in [9.17, 15) is 4.79 Å². The minimum atomic E-state index is 0.176. The van der Waals surface area contributed by atoms with Crippen molar-refractivity contribution in [3.63, 3.8) is 0 Å². The van der Waals surface area contributed by atoms with Crippen molar-refractivity contribution in [2.45, 2.75) is 19.5 Å².